The number of amides is 2. The number of carbonyl (C=O) groups is 2. The molecular weight excluding hydrogens is 220 g/mol. The van der Waals surface area contributed by atoms with Gasteiger partial charge in [0.25, 0.3) is 0 Å². The predicted molar refractivity (Wildman–Crippen MR) is 62.3 cm³/mol. The predicted octanol–water partition coefficient (Wildman–Crippen LogP) is 0.148. The van der Waals surface area contributed by atoms with Crippen LogP contribution in [0, 0.1) is 5.92 Å². The quantitative estimate of drug-likeness (QED) is 0.761. The molecule has 2 amide bonds. The molecule has 2 aliphatic rings. The number of rotatable bonds is 4. The molecule has 1 heterocycles. The smallest absolute Gasteiger partial charge is 0.246 e. The van der Waals surface area contributed by atoms with Gasteiger partial charge in [0.1, 0.15) is 5.54 Å². The van der Waals surface area contributed by atoms with E-state index >= 15 is 0 Å². The highest BCUT2D eigenvalue weighted by molar-refractivity contribution is 5.98. The summed E-state index contributed by atoms with van der Waals surface area (Å²) in [5.74, 6) is 0.265. The molecule has 2 fully saturated rings. The highest BCUT2D eigenvalue weighted by Gasteiger charge is 2.54. The Morgan fingerprint density at radius 1 is 1.53 bits per heavy atom. The number of carbonyl (C=O) groups excluding carboxylic acids is 2. The van der Waals surface area contributed by atoms with Crippen LogP contribution in [0.3, 0.4) is 0 Å². The van der Waals surface area contributed by atoms with E-state index in [1.54, 1.807) is 12.0 Å². The minimum Gasteiger partial charge on any atom is -0.380 e. The molecule has 0 spiro atoms. The molecule has 1 aliphatic carbocycles. The normalized spacial score (nSPS) is 31.4. The van der Waals surface area contributed by atoms with Gasteiger partial charge in [-0.05, 0) is 32.6 Å². The summed E-state index contributed by atoms with van der Waals surface area (Å²) in [5.41, 5.74) is -0.678. The van der Waals surface area contributed by atoms with Gasteiger partial charge in [-0.1, -0.05) is 0 Å². The van der Waals surface area contributed by atoms with Gasteiger partial charge in [0.15, 0.2) is 0 Å². The van der Waals surface area contributed by atoms with Crippen molar-refractivity contribution in [3.05, 3.63) is 0 Å². The monoisotopic (exact) mass is 240 g/mol. The third-order valence-electron chi connectivity index (χ3n) is 3.94. The number of nitrogens with one attached hydrogen (secondary N) is 1. The van der Waals surface area contributed by atoms with Crippen LogP contribution in [0.1, 0.15) is 26.7 Å². The number of ether oxygens (including phenoxy) is 1. The summed E-state index contributed by atoms with van der Waals surface area (Å²) in [7, 11) is 1.62. The molecule has 2 atom stereocenters. The summed E-state index contributed by atoms with van der Waals surface area (Å²) in [5, 5.41) is 2.69. The lowest BCUT2D eigenvalue weighted by molar-refractivity contribution is -0.156. The largest absolute Gasteiger partial charge is 0.380 e. The molecule has 5 nitrogen and oxygen atoms in total. The first-order valence-electron chi connectivity index (χ1n) is 6.11. The summed E-state index contributed by atoms with van der Waals surface area (Å²) >= 11 is 0. The second kappa shape index (κ2) is 4.29. The topological polar surface area (TPSA) is 58.6 Å². The summed E-state index contributed by atoms with van der Waals surface area (Å²) < 4.78 is 5.20. The third-order valence-corrected chi connectivity index (χ3v) is 3.94. The van der Waals surface area contributed by atoms with Crippen molar-refractivity contribution in [2.45, 2.75) is 38.3 Å². The maximum atomic E-state index is 12.1. The van der Waals surface area contributed by atoms with Crippen LogP contribution in [0.15, 0.2) is 0 Å². The van der Waals surface area contributed by atoms with E-state index in [4.69, 9.17) is 4.74 Å². The lowest BCUT2D eigenvalue weighted by Crippen LogP contribution is -2.68. The molecular formula is C12H20N2O3. The standard InChI is InChI=1S/C12H20N2O3/c1-8(17-3)7-14-10(15)6-13-11(16)12(14,2)9-4-5-9/h8-9H,4-7H2,1-3H3,(H,13,16). The summed E-state index contributed by atoms with van der Waals surface area (Å²) in [6.45, 7) is 4.37. The minimum atomic E-state index is -0.678. The van der Waals surface area contributed by atoms with Gasteiger partial charge in [-0.25, -0.2) is 0 Å². The highest BCUT2D eigenvalue weighted by atomic mass is 16.5. The lowest BCUT2D eigenvalue weighted by Gasteiger charge is -2.44. The molecule has 0 bridgehead atoms. The Balaban J connectivity index is 2.22. The number of hydrogen-bond acceptors (Lipinski definition) is 3. The van der Waals surface area contributed by atoms with Crippen LogP contribution >= 0.6 is 0 Å². The molecule has 1 saturated heterocycles. The van der Waals surface area contributed by atoms with E-state index in [0.29, 0.717) is 12.5 Å². The molecule has 5 heteroatoms. The van der Waals surface area contributed by atoms with Crippen molar-refractivity contribution in [1.82, 2.24) is 10.2 Å². The van der Waals surface area contributed by atoms with E-state index in [0.717, 1.165) is 12.8 Å². The van der Waals surface area contributed by atoms with E-state index in [1.165, 1.54) is 0 Å². The fourth-order valence-corrected chi connectivity index (χ4v) is 2.49. The Hall–Kier alpha value is -1.10. The van der Waals surface area contributed by atoms with Crippen LogP contribution in [0.5, 0.6) is 0 Å². The fourth-order valence-electron chi connectivity index (χ4n) is 2.49. The molecule has 0 radical (unpaired) electrons. The molecule has 96 valence electrons. The summed E-state index contributed by atoms with van der Waals surface area (Å²) in [6, 6.07) is 0. The average Bonchev–Trinajstić information content (AvgIpc) is 3.13. The zero-order chi connectivity index (χ0) is 12.6. The van der Waals surface area contributed by atoms with Crippen LogP contribution in [-0.2, 0) is 14.3 Å². The van der Waals surface area contributed by atoms with E-state index in [9.17, 15) is 9.59 Å². The van der Waals surface area contributed by atoms with Gasteiger partial charge in [-0.3, -0.25) is 9.59 Å². The van der Waals surface area contributed by atoms with E-state index in [1.807, 2.05) is 13.8 Å². The van der Waals surface area contributed by atoms with Crippen molar-refractivity contribution >= 4 is 11.8 Å². The summed E-state index contributed by atoms with van der Waals surface area (Å²) in [4.78, 5) is 25.8. The van der Waals surface area contributed by atoms with Crippen LogP contribution in [0.25, 0.3) is 0 Å². The van der Waals surface area contributed by atoms with Crippen molar-refractivity contribution in [1.29, 1.82) is 0 Å². The van der Waals surface area contributed by atoms with E-state index in [2.05, 4.69) is 5.32 Å². The van der Waals surface area contributed by atoms with Gasteiger partial charge in [0, 0.05) is 13.7 Å². The van der Waals surface area contributed by atoms with Crippen LogP contribution in [0.4, 0.5) is 0 Å². The van der Waals surface area contributed by atoms with Crippen molar-refractivity contribution in [3.63, 3.8) is 0 Å². The van der Waals surface area contributed by atoms with E-state index < -0.39 is 5.54 Å². The van der Waals surface area contributed by atoms with Crippen LogP contribution in [0.2, 0.25) is 0 Å². The summed E-state index contributed by atoms with van der Waals surface area (Å²) in [6.07, 6.45) is 1.99. The van der Waals surface area contributed by atoms with Crippen molar-refractivity contribution in [2.75, 3.05) is 20.2 Å². The Morgan fingerprint density at radius 2 is 2.18 bits per heavy atom. The van der Waals surface area contributed by atoms with Gasteiger partial charge in [-0.2, -0.15) is 0 Å². The molecule has 1 aliphatic heterocycles. The zero-order valence-corrected chi connectivity index (χ0v) is 10.7. The molecule has 0 aromatic rings. The fraction of sp³-hybridized carbons (Fsp3) is 0.833. The zero-order valence-electron chi connectivity index (χ0n) is 10.7. The molecule has 17 heavy (non-hydrogen) atoms. The first-order valence-corrected chi connectivity index (χ1v) is 6.11. The molecule has 0 aromatic heterocycles. The van der Waals surface area contributed by atoms with Gasteiger partial charge in [0.2, 0.25) is 11.8 Å². The number of piperazine rings is 1. The number of hydrogen-bond donors (Lipinski definition) is 1. The highest BCUT2D eigenvalue weighted by Crippen LogP contribution is 2.44. The first-order chi connectivity index (χ1) is 8.00. The average molecular weight is 240 g/mol. The Morgan fingerprint density at radius 3 is 2.71 bits per heavy atom. The van der Waals surface area contributed by atoms with Crippen LogP contribution < -0.4 is 5.32 Å². The molecule has 0 aromatic carbocycles. The Bertz CT molecular complexity index is 341. The second-order valence-corrected chi connectivity index (χ2v) is 5.16. The van der Waals surface area contributed by atoms with Crippen LogP contribution in [-0.4, -0.2) is 48.6 Å². The maximum absolute atomic E-state index is 12.1. The first kappa shape index (κ1) is 12.4. The SMILES string of the molecule is COC(C)CN1C(=O)CNC(=O)C1(C)C1CC1. The van der Waals surface area contributed by atoms with Gasteiger partial charge >= 0.3 is 0 Å². The van der Waals surface area contributed by atoms with E-state index in [-0.39, 0.29) is 24.5 Å². The maximum Gasteiger partial charge on any atom is 0.246 e. The van der Waals surface area contributed by atoms with Crippen molar-refractivity contribution in [3.8, 4) is 0 Å². The lowest BCUT2D eigenvalue weighted by atomic mass is 9.89. The van der Waals surface area contributed by atoms with Gasteiger partial charge in [-0.15, -0.1) is 0 Å². The number of methoxy groups -OCH3 is 1. The van der Waals surface area contributed by atoms with Crippen molar-refractivity contribution < 1.29 is 14.3 Å². The molecule has 1 saturated carbocycles. The molecule has 2 unspecified atom stereocenters. The number of nitrogens with zero attached hydrogens (tertiary/aromatic N) is 1. The molecule has 2 rings (SSSR count). The minimum absolute atomic E-state index is 0.0112. The Kier molecular flexibility index (Phi) is 3.12. The Labute approximate surface area is 101 Å². The second-order valence-electron chi connectivity index (χ2n) is 5.16. The van der Waals surface area contributed by atoms with Crippen molar-refractivity contribution in [2.24, 2.45) is 5.92 Å². The van der Waals surface area contributed by atoms with Gasteiger partial charge in [0.05, 0.1) is 12.6 Å². The van der Waals surface area contributed by atoms with Gasteiger partial charge < -0.3 is 15.0 Å². The third kappa shape index (κ3) is 2.04. The molecule has 1 N–H and O–H groups in total.